The molecule has 4 saturated carbocycles. The van der Waals surface area contributed by atoms with E-state index in [9.17, 15) is 14.4 Å². The van der Waals surface area contributed by atoms with Crippen molar-refractivity contribution in [2.24, 2.45) is 37.3 Å². The molecule has 1 atom stereocenters. The summed E-state index contributed by atoms with van der Waals surface area (Å²) < 4.78 is 4.24. The van der Waals surface area contributed by atoms with Crippen LogP contribution < -0.4 is 16.6 Å². The van der Waals surface area contributed by atoms with Gasteiger partial charge in [0.25, 0.3) is 5.56 Å². The highest BCUT2D eigenvalue weighted by Gasteiger charge is 2.53. The van der Waals surface area contributed by atoms with Crippen LogP contribution in [0.1, 0.15) is 58.3 Å². The van der Waals surface area contributed by atoms with Gasteiger partial charge in [-0.15, -0.1) is 0 Å². The fourth-order valence-electron chi connectivity index (χ4n) is 7.15. The van der Waals surface area contributed by atoms with Gasteiger partial charge in [-0.3, -0.25) is 18.7 Å². The van der Waals surface area contributed by atoms with Gasteiger partial charge in [0.05, 0.1) is 6.33 Å². The van der Waals surface area contributed by atoms with Gasteiger partial charge >= 0.3 is 5.69 Å². The summed E-state index contributed by atoms with van der Waals surface area (Å²) in [5, 5.41) is 3.32. The van der Waals surface area contributed by atoms with Crippen molar-refractivity contribution in [1.29, 1.82) is 0 Å². The summed E-state index contributed by atoms with van der Waals surface area (Å²) >= 11 is 0. The Morgan fingerprint density at radius 3 is 2.35 bits per heavy atom. The minimum Gasteiger partial charge on any atom is -0.353 e. The van der Waals surface area contributed by atoms with Gasteiger partial charge in [0.15, 0.2) is 11.2 Å². The van der Waals surface area contributed by atoms with Crippen LogP contribution in [0.25, 0.3) is 11.2 Å². The highest BCUT2D eigenvalue weighted by atomic mass is 16.2. The molecule has 0 saturated heterocycles. The lowest BCUT2D eigenvalue weighted by Crippen LogP contribution is -2.55. The second-order valence-electron chi connectivity index (χ2n) is 10.5. The number of carbonyl (C=O) groups excluding carboxylic acids is 1. The molecule has 2 aromatic rings. The zero-order valence-corrected chi connectivity index (χ0v) is 18.8. The van der Waals surface area contributed by atoms with Crippen LogP contribution in [0.2, 0.25) is 0 Å². The van der Waals surface area contributed by atoms with Crippen LogP contribution in [0, 0.1) is 23.2 Å². The second kappa shape index (κ2) is 7.35. The number of aryl methyl sites for hydroxylation is 2. The predicted octanol–water partition coefficient (Wildman–Crippen LogP) is 1.93. The van der Waals surface area contributed by atoms with Crippen LogP contribution in [0.4, 0.5) is 0 Å². The Labute approximate surface area is 181 Å². The molecule has 0 aromatic carbocycles. The van der Waals surface area contributed by atoms with Crippen molar-refractivity contribution in [1.82, 2.24) is 24.0 Å². The van der Waals surface area contributed by atoms with E-state index in [1.807, 2.05) is 0 Å². The molecule has 1 N–H and O–H groups in total. The summed E-state index contributed by atoms with van der Waals surface area (Å²) in [5.74, 6) is 2.71. The van der Waals surface area contributed by atoms with E-state index in [-0.39, 0.29) is 23.2 Å². The van der Waals surface area contributed by atoms with E-state index in [1.165, 1.54) is 50.1 Å². The first-order chi connectivity index (χ1) is 14.8. The van der Waals surface area contributed by atoms with Gasteiger partial charge in [-0.05, 0) is 75.0 Å². The lowest BCUT2D eigenvalue weighted by molar-refractivity contribution is -0.126. The first-order valence-corrected chi connectivity index (χ1v) is 11.7. The fourth-order valence-corrected chi connectivity index (χ4v) is 7.15. The molecule has 0 spiro atoms. The topological polar surface area (TPSA) is 90.9 Å². The predicted molar refractivity (Wildman–Crippen MR) is 118 cm³/mol. The summed E-state index contributed by atoms with van der Waals surface area (Å²) in [7, 11) is 3.08. The van der Waals surface area contributed by atoms with Crippen LogP contribution >= 0.6 is 0 Å². The first-order valence-electron chi connectivity index (χ1n) is 11.7. The standard InChI is InChI=1S/C23H33N5O3/c1-14(23-10-15-7-16(11-23)9-17(8-15)12-23)25-18(29)5-4-6-28-13-24-20-19(28)21(30)27(3)22(31)26(20)2/h13-17H,4-12H2,1-3H3,(H,25,29)/t14-,15?,16?,17?,23?/m0/s1. The minimum absolute atomic E-state index is 0.0907. The highest BCUT2D eigenvalue weighted by Crippen LogP contribution is 2.61. The lowest BCUT2D eigenvalue weighted by Gasteiger charge is -2.59. The number of rotatable bonds is 6. The van der Waals surface area contributed by atoms with E-state index in [0.717, 1.165) is 22.3 Å². The molecule has 0 aliphatic heterocycles. The maximum absolute atomic E-state index is 12.7. The maximum Gasteiger partial charge on any atom is 0.332 e. The SMILES string of the molecule is C[C@H](NC(=O)CCCn1cnc2c1c(=O)n(C)c(=O)n2C)C12CC3CC(CC(C3)C1)C2. The summed E-state index contributed by atoms with van der Waals surface area (Å²) in [4.78, 5) is 41.6. The molecule has 168 valence electrons. The van der Waals surface area contributed by atoms with E-state index in [2.05, 4.69) is 17.2 Å². The second-order valence-corrected chi connectivity index (χ2v) is 10.5. The molecule has 4 aliphatic carbocycles. The first kappa shape index (κ1) is 20.5. The number of imidazole rings is 1. The fraction of sp³-hybridized carbons (Fsp3) is 0.739. The molecule has 4 aliphatic rings. The Morgan fingerprint density at radius 2 is 1.74 bits per heavy atom. The third-order valence-corrected chi connectivity index (χ3v) is 8.40. The molecule has 4 fully saturated rings. The van der Waals surface area contributed by atoms with Gasteiger partial charge in [-0.25, -0.2) is 9.78 Å². The zero-order chi connectivity index (χ0) is 21.9. The van der Waals surface area contributed by atoms with E-state index < -0.39 is 0 Å². The van der Waals surface area contributed by atoms with E-state index in [4.69, 9.17) is 0 Å². The summed E-state index contributed by atoms with van der Waals surface area (Å²) in [6.07, 6.45) is 10.7. The Balaban J connectivity index is 1.21. The van der Waals surface area contributed by atoms with Crippen LogP contribution in [0.15, 0.2) is 15.9 Å². The van der Waals surface area contributed by atoms with Crippen molar-refractivity contribution in [3.8, 4) is 0 Å². The van der Waals surface area contributed by atoms with Crippen molar-refractivity contribution >= 4 is 17.1 Å². The monoisotopic (exact) mass is 427 g/mol. The number of aromatic nitrogens is 4. The molecule has 8 heteroatoms. The minimum atomic E-state index is -0.388. The average Bonchev–Trinajstić information content (AvgIpc) is 3.13. The number of nitrogens with one attached hydrogen (secondary N) is 1. The third kappa shape index (κ3) is 3.34. The van der Waals surface area contributed by atoms with Gasteiger partial charge < -0.3 is 9.88 Å². The number of nitrogens with zero attached hydrogens (tertiary/aromatic N) is 4. The number of carbonyl (C=O) groups is 1. The van der Waals surface area contributed by atoms with Crippen molar-refractivity contribution in [3.05, 3.63) is 27.2 Å². The van der Waals surface area contributed by atoms with Crippen LogP contribution in [-0.2, 0) is 25.4 Å². The van der Waals surface area contributed by atoms with Gasteiger partial charge in [0.2, 0.25) is 5.91 Å². The summed E-state index contributed by atoms with van der Waals surface area (Å²) in [6.45, 7) is 2.72. The van der Waals surface area contributed by atoms with Crippen LogP contribution in [0.5, 0.6) is 0 Å². The van der Waals surface area contributed by atoms with Crippen molar-refractivity contribution in [2.45, 2.75) is 70.9 Å². The number of hydrogen-bond donors (Lipinski definition) is 1. The average molecular weight is 428 g/mol. The van der Waals surface area contributed by atoms with Crippen LogP contribution in [-0.4, -0.2) is 30.6 Å². The van der Waals surface area contributed by atoms with Gasteiger partial charge in [0.1, 0.15) is 0 Å². The normalized spacial score (nSPS) is 30.1. The number of hydrogen-bond acceptors (Lipinski definition) is 4. The van der Waals surface area contributed by atoms with Gasteiger partial charge in [-0.2, -0.15) is 0 Å². The Hall–Kier alpha value is -2.38. The van der Waals surface area contributed by atoms with Crippen LogP contribution in [0.3, 0.4) is 0 Å². The van der Waals surface area contributed by atoms with Crippen molar-refractivity contribution < 1.29 is 4.79 Å². The van der Waals surface area contributed by atoms with Crippen molar-refractivity contribution in [2.75, 3.05) is 0 Å². The lowest BCUT2D eigenvalue weighted by atomic mass is 9.48. The van der Waals surface area contributed by atoms with Crippen molar-refractivity contribution in [3.63, 3.8) is 0 Å². The van der Waals surface area contributed by atoms with E-state index in [1.54, 1.807) is 17.9 Å². The Kier molecular flexibility index (Phi) is 4.86. The molecule has 2 aromatic heterocycles. The van der Waals surface area contributed by atoms with E-state index in [0.29, 0.717) is 36.0 Å². The largest absolute Gasteiger partial charge is 0.353 e. The molecule has 31 heavy (non-hydrogen) atoms. The highest BCUT2D eigenvalue weighted by molar-refractivity contribution is 5.76. The Morgan fingerprint density at radius 1 is 1.13 bits per heavy atom. The molecule has 6 rings (SSSR count). The molecule has 4 bridgehead atoms. The summed E-state index contributed by atoms with van der Waals surface area (Å²) in [6, 6.07) is 0.226. The number of fused-ring (bicyclic) bond motifs is 1. The molecule has 0 unspecified atom stereocenters. The molecular formula is C23H33N5O3. The number of amides is 1. The van der Waals surface area contributed by atoms with E-state index >= 15 is 0 Å². The quantitative estimate of drug-likeness (QED) is 0.763. The molecule has 0 radical (unpaired) electrons. The Bertz CT molecular complexity index is 1110. The third-order valence-electron chi connectivity index (χ3n) is 8.40. The molecular weight excluding hydrogens is 394 g/mol. The summed E-state index contributed by atoms with van der Waals surface area (Å²) in [5.41, 5.74) is 0.360. The van der Waals surface area contributed by atoms with Gasteiger partial charge in [0, 0.05) is 33.1 Å². The molecule has 8 nitrogen and oxygen atoms in total. The van der Waals surface area contributed by atoms with Gasteiger partial charge in [-0.1, -0.05) is 0 Å². The maximum atomic E-state index is 12.7. The smallest absolute Gasteiger partial charge is 0.332 e. The zero-order valence-electron chi connectivity index (χ0n) is 18.8. The molecule has 2 heterocycles. The molecule has 1 amide bonds.